The molecule has 0 amide bonds. The van der Waals surface area contributed by atoms with Gasteiger partial charge in [-0.15, -0.1) is 6.58 Å². The summed E-state index contributed by atoms with van der Waals surface area (Å²) in [7, 11) is 0. The summed E-state index contributed by atoms with van der Waals surface area (Å²) in [5.74, 6) is 0. The van der Waals surface area contributed by atoms with Crippen LogP contribution >= 0.6 is 63.7 Å². The largest absolute Gasteiger partial charge is 0.102 e. The van der Waals surface area contributed by atoms with Gasteiger partial charge in [0.2, 0.25) is 0 Å². The smallest absolute Gasteiger partial charge is 0.0459 e. The van der Waals surface area contributed by atoms with Gasteiger partial charge in [-0.05, 0) is 6.42 Å². The van der Waals surface area contributed by atoms with Crippen molar-refractivity contribution in [1.29, 1.82) is 0 Å². The monoisotopic (exact) mass is 424 g/mol. The Morgan fingerprint density at radius 1 is 1.17 bits per heavy atom. The molecule has 4 atom stereocenters. The van der Waals surface area contributed by atoms with Crippen LogP contribution in [-0.4, -0.2) is 19.3 Å². The minimum atomic E-state index is 0.300. The second-order valence-electron chi connectivity index (χ2n) is 2.49. The lowest BCUT2D eigenvalue weighted by Gasteiger charge is -2.23. The third-order valence-corrected chi connectivity index (χ3v) is 8.20. The molecule has 0 heterocycles. The van der Waals surface area contributed by atoms with Crippen LogP contribution in [0.25, 0.3) is 0 Å². The van der Waals surface area contributed by atoms with Crippen molar-refractivity contribution in [2.45, 2.75) is 32.7 Å². The van der Waals surface area contributed by atoms with Gasteiger partial charge < -0.3 is 0 Å². The number of hydrogen-bond acceptors (Lipinski definition) is 0. The average molecular weight is 428 g/mol. The number of alkyl halides is 4. The van der Waals surface area contributed by atoms with Gasteiger partial charge in [0.1, 0.15) is 0 Å². The van der Waals surface area contributed by atoms with Crippen LogP contribution in [0.4, 0.5) is 0 Å². The molecule has 0 spiro atoms. The predicted octanol–water partition coefficient (Wildman–Crippen LogP) is 4.64. The lowest BCUT2D eigenvalue weighted by Crippen LogP contribution is -2.29. The van der Waals surface area contributed by atoms with Crippen molar-refractivity contribution in [2.75, 3.05) is 0 Å². The molecule has 0 saturated carbocycles. The highest BCUT2D eigenvalue weighted by atomic mass is 79.9. The zero-order valence-electron chi connectivity index (χ0n) is 6.81. The number of halogens is 4. The Morgan fingerprint density at radius 3 is 2.00 bits per heavy atom. The van der Waals surface area contributed by atoms with E-state index in [1.54, 1.807) is 0 Å². The van der Waals surface area contributed by atoms with E-state index < -0.39 is 0 Å². The van der Waals surface area contributed by atoms with E-state index in [1.807, 2.05) is 6.08 Å². The van der Waals surface area contributed by atoms with Crippen LogP contribution in [0, 0.1) is 0 Å². The molecule has 0 fully saturated rings. The van der Waals surface area contributed by atoms with E-state index in [9.17, 15) is 0 Å². The van der Waals surface area contributed by atoms with Gasteiger partial charge in [0.15, 0.2) is 0 Å². The van der Waals surface area contributed by atoms with Crippen molar-refractivity contribution < 1.29 is 0 Å². The van der Waals surface area contributed by atoms with Crippen LogP contribution in [0.3, 0.4) is 0 Å². The van der Waals surface area contributed by atoms with Crippen LogP contribution < -0.4 is 0 Å². The average Bonchev–Trinajstić information content (AvgIpc) is 2.12. The van der Waals surface area contributed by atoms with E-state index in [1.165, 1.54) is 0 Å². The summed E-state index contributed by atoms with van der Waals surface area (Å²) in [6.45, 7) is 5.89. The molecular formula is C8H12Br4. The molecule has 0 aromatic carbocycles. The van der Waals surface area contributed by atoms with Crippen LogP contribution in [-0.2, 0) is 0 Å². The topological polar surface area (TPSA) is 0 Å². The van der Waals surface area contributed by atoms with Crippen LogP contribution in [0.5, 0.6) is 0 Å². The van der Waals surface area contributed by atoms with Crippen molar-refractivity contribution >= 4 is 63.7 Å². The third-order valence-electron chi connectivity index (χ3n) is 1.57. The maximum Gasteiger partial charge on any atom is 0.0459 e. The van der Waals surface area contributed by atoms with Gasteiger partial charge in [-0.2, -0.15) is 0 Å². The Hall–Kier alpha value is 1.66. The lowest BCUT2D eigenvalue weighted by atomic mass is 10.1. The first-order chi connectivity index (χ1) is 5.54. The fourth-order valence-electron chi connectivity index (χ4n) is 0.730. The molecule has 4 heteroatoms. The van der Waals surface area contributed by atoms with E-state index in [2.05, 4.69) is 77.2 Å². The van der Waals surface area contributed by atoms with E-state index in [0.717, 1.165) is 6.42 Å². The van der Waals surface area contributed by atoms with Crippen LogP contribution in [0.2, 0.25) is 0 Å². The summed E-state index contributed by atoms with van der Waals surface area (Å²) in [6, 6.07) is 0. The summed E-state index contributed by atoms with van der Waals surface area (Å²) in [5, 5.41) is 0. The van der Waals surface area contributed by atoms with Crippen molar-refractivity contribution in [3.8, 4) is 0 Å². The Kier molecular flexibility index (Phi) is 7.99. The van der Waals surface area contributed by atoms with Gasteiger partial charge in [0.05, 0.1) is 0 Å². The molecule has 72 valence electrons. The zero-order valence-corrected chi connectivity index (χ0v) is 13.2. The second-order valence-corrected chi connectivity index (χ2v) is 6.84. The van der Waals surface area contributed by atoms with Crippen LogP contribution in [0.1, 0.15) is 13.3 Å². The molecule has 0 rings (SSSR count). The maximum atomic E-state index is 3.74. The maximum absolute atomic E-state index is 3.74. The molecule has 0 aliphatic carbocycles. The fraction of sp³-hybridized carbons (Fsp3) is 0.750. The van der Waals surface area contributed by atoms with Crippen molar-refractivity contribution in [3.05, 3.63) is 12.7 Å². The Morgan fingerprint density at radius 2 is 1.67 bits per heavy atom. The predicted molar refractivity (Wildman–Crippen MR) is 71.3 cm³/mol. The summed E-state index contributed by atoms with van der Waals surface area (Å²) in [5.41, 5.74) is 0. The fourth-order valence-corrected chi connectivity index (χ4v) is 3.49. The Labute approximate surface area is 108 Å². The van der Waals surface area contributed by atoms with Crippen molar-refractivity contribution in [3.63, 3.8) is 0 Å². The molecule has 0 nitrogen and oxygen atoms in total. The third kappa shape index (κ3) is 4.25. The lowest BCUT2D eigenvalue weighted by molar-refractivity contribution is 0.757. The minimum absolute atomic E-state index is 0.300. The first kappa shape index (κ1) is 13.7. The molecule has 4 unspecified atom stereocenters. The van der Waals surface area contributed by atoms with E-state index >= 15 is 0 Å². The quantitative estimate of drug-likeness (QED) is 0.443. The van der Waals surface area contributed by atoms with E-state index in [4.69, 9.17) is 0 Å². The van der Waals surface area contributed by atoms with Gasteiger partial charge in [0, 0.05) is 19.3 Å². The first-order valence-corrected chi connectivity index (χ1v) is 7.39. The van der Waals surface area contributed by atoms with Gasteiger partial charge in [-0.25, -0.2) is 0 Å². The Bertz CT molecular complexity index is 137. The molecule has 0 N–H and O–H groups in total. The summed E-state index contributed by atoms with van der Waals surface area (Å²) < 4.78 is 0. The van der Waals surface area contributed by atoms with Gasteiger partial charge in [0.25, 0.3) is 0 Å². The normalized spacial score (nSPS) is 21.1. The van der Waals surface area contributed by atoms with Gasteiger partial charge >= 0.3 is 0 Å². The van der Waals surface area contributed by atoms with E-state index in [-0.39, 0.29) is 0 Å². The van der Waals surface area contributed by atoms with Gasteiger partial charge in [-0.1, -0.05) is 76.7 Å². The standard InChI is InChI=1S/C8H12Br4/c1-3-5(9)7(11)8(12)6(10)4-2/h3,5-8H,1,4H2,2H3. The number of allylic oxidation sites excluding steroid dienone is 1. The zero-order chi connectivity index (χ0) is 9.72. The Balaban J connectivity index is 4.07. The highest BCUT2D eigenvalue weighted by molar-refractivity contribution is 9.14. The molecule has 0 aromatic rings. The molecule has 0 radical (unpaired) electrons. The highest BCUT2D eigenvalue weighted by Gasteiger charge is 2.26. The molecular weight excluding hydrogens is 416 g/mol. The van der Waals surface area contributed by atoms with Gasteiger partial charge in [-0.3, -0.25) is 0 Å². The minimum Gasteiger partial charge on any atom is -0.102 e. The van der Waals surface area contributed by atoms with Crippen LogP contribution in [0.15, 0.2) is 12.7 Å². The molecule has 0 aliphatic heterocycles. The number of rotatable bonds is 5. The summed E-state index contributed by atoms with van der Waals surface area (Å²) in [4.78, 5) is 1.56. The molecule has 0 aromatic heterocycles. The summed E-state index contributed by atoms with van der Waals surface area (Å²) >= 11 is 14.4. The summed E-state index contributed by atoms with van der Waals surface area (Å²) in [6.07, 6.45) is 3.00. The highest BCUT2D eigenvalue weighted by Crippen LogP contribution is 2.30. The number of hydrogen-bond donors (Lipinski definition) is 0. The van der Waals surface area contributed by atoms with Crippen molar-refractivity contribution in [2.24, 2.45) is 0 Å². The second kappa shape index (κ2) is 7.02. The SMILES string of the molecule is C=CC(Br)C(Br)C(Br)C(Br)CC. The van der Waals surface area contributed by atoms with Crippen molar-refractivity contribution in [1.82, 2.24) is 0 Å². The molecule has 12 heavy (non-hydrogen) atoms. The first-order valence-electron chi connectivity index (χ1n) is 3.73. The van der Waals surface area contributed by atoms with E-state index in [0.29, 0.717) is 19.3 Å². The molecule has 0 aliphatic rings. The molecule has 0 saturated heterocycles. The molecule has 0 bridgehead atoms.